The van der Waals surface area contributed by atoms with Crippen molar-refractivity contribution in [3.63, 3.8) is 0 Å². The van der Waals surface area contributed by atoms with E-state index in [1.54, 1.807) is 0 Å². The molecule has 3 rings (SSSR count). The lowest BCUT2D eigenvalue weighted by molar-refractivity contribution is -0.121. The van der Waals surface area contributed by atoms with Crippen LogP contribution in [0.4, 0.5) is 10.1 Å². The van der Waals surface area contributed by atoms with Gasteiger partial charge in [0.05, 0.1) is 18.2 Å². The summed E-state index contributed by atoms with van der Waals surface area (Å²) in [6.07, 6.45) is 5.91. The largest absolute Gasteiger partial charge is 0.303 e. The summed E-state index contributed by atoms with van der Waals surface area (Å²) >= 11 is 0. The van der Waals surface area contributed by atoms with Crippen molar-refractivity contribution in [1.29, 1.82) is 0 Å². The molecule has 5 heteroatoms. The van der Waals surface area contributed by atoms with Crippen LogP contribution in [0.3, 0.4) is 0 Å². The summed E-state index contributed by atoms with van der Waals surface area (Å²) in [6, 6.07) is 5.34. The van der Waals surface area contributed by atoms with Gasteiger partial charge in [-0.2, -0.15) is 0 Å². The average Bonchev–Trinajstić information content (AvgIpc) is 2.76. The molecule has 1 heterocycles. The molecule has 0 unspecified atom stereocenters. The van der Waals surface area contributed by atoms with Crippen LogP contribution in [0.5, 0.6) is 0 Å². The van der Waals surface area contributed by atoms with Crippen LogP contribution in [0.2, 0.25) is 0 Å². The van der Waals surface area contributed by atoms with Gasteiger partial charge in [0, 0.05) is 6.04 Å². The van der Waals surface area contributed by atoms with Gasteiger partial charge in [-0.15, -0.1) is 0 Å². The topological polar surface area (TPSA) is 49.4 Å². The molecule has 0 bridgehead atoms. The van der Waals surface area contributed by atoms with Gasteiger partial charge in [-0.25, -0.2) is 9.29 Å². The zero-order valence-electron chi connectivity index (χ0n) is 11.8. The number of anilines is 1. The van der Waals surface area contributed by atoms with Crippen molar-refractivity contribution in [1.82, 2.24) is 5.32 Å². The highest BCUT2D eigenvalue weighted by Gasteiger charge is 2.40. The molecule has 112 valence electrons. The number of halogens is 1. The Kier molecular flexibility index (Phi) is 4.01. The molecule has 1 aliphatic carbocycles. The summed E-state index contributed by atoms with van der Waals surface area (Å²) in [7, 11) is 0. The number of hydrogen-bond donors (Lipinski definition) is 1. The Labute approximate surface area is 123 Å². The first-order valence-electron chi connectivity index (χ1n) is 7.53. The van der Waals surface area contributed by atoms with Crippen molar-refractivity contribution >= 4 is 17.5 Å². The van der Waals surface area contributed by atoms with Crippen molar-refractivity contribution < 1.29 is 14.0 Å². The minimum Gasteiger partial charge on any atom is -0.303 e. The van der Waals surface area contributed by atoms with Crippen molar-refractivity contribution in [2.24, 2.45) is 0 Å². The van der Waals surface area contributed by atoms with Gasteiger partial charge >= 0.3 is 0 Å². The second kappa shape index (κ2) is 5.93. The molecule has 4 nitrogen and oxygen atoms in total. The third-order valence-electron chi connectivity index (χ3n) is 4.27. The lowest BCUT2D eigenvalue weighted by atomic mass is 9.95. The van der Waals surface area contributed by atoms with Gasteiger partial charge in [0.15, 0.2) is 0 Å². The molecule has 0 radical (unpaired) electrons. The third-order valence-corrected chi connectivity index (χ3v) is 4.27. The van der Waals surface area contributed by atoms with Crippen molar-refractivity contribution in [2.45, 2.75) is 50.6 Å². The molecule has 21 heavy (non-hydrogen) atoms. The Balaban J connectivity index is 1.71. The van der Waals surface area contributed by atoms with E-state index < -0.39 is 6.04 Å². The van der Waals surface area contributed by atoms with Crippen LogP contribution in [0.25, 0.3) is 0 Å². The first-order valence-corrected chi connectivity index (χ1v) is 7.53. The highest BCUT2D eigenvalue weighted by molar-refractivity contribution is 6.22. The van der Waals surface area contributed by atoms with Gasteiger partial charge < -0.3 is 5.32 Å². The summed E-state index contributed by atoms with van der Waals surface area (Å²) in [5.41, 5.74) is 0.444. The lowest BCUT2D eigenvalue weighted by Gasteiger charge is -2.25. The standard InChI is InChI=1S/C16H19FN2O2/c17-11-6-8-13(9-7-11)19-15(20)10-14(16(19)21)18-12-4-2-1-3-5-12/h6-9,12,14,18H,1-5,10H2/t14-/m0/s1. The molecule has 1 aliphatic heterocycles. The first kappa shape index (κ1) is 14.2. The third kappa shape index (κ3) is 2.97. The summed E-state index contributed by atoms with van der Waals surface area (Å²) in [5, 5.41) is 3.32. The molecule has 1 N–H and O–H groups in total. The number of carbonyl (C=O) groups excluding carboxylic acids is 2. The monoisotopic (exact) mass is 290 g/mol. The molecular formula is C16H19FN2O2. The van der Waals surface area contributed by atoms with Crippen LogP contribution in [0.15, 0.2) is 24.3 Å². The Hall–Kier alpha value is -1.75. The molecule has 0 spiro atoms. The van der Waals surface area contributed by atoms with E-state index in [0.717, 1.165) is 12.8 Å². The van der Waals surface area contributed by atoms with Crippen LogP contribution in [0.1, 0.15) is 38.5 Å². The molecule has 2 aliphatic rings. The van der Waals surface area contributed by atoms with E-state index in [-0.39, 0.29) is 24.1 Å². The molecular weight excluding hydrogens is 271 g/mol. The fraction of sp³-hybridized carbons (Fsp3) is 0.500. The van der Waals surface area contributed by atoms with Crippen molar-refractivity contribution in [2.75, 3.05) is 4.90 Å². The van der Waals surface area contributed by atoms with Gasteiger partial charge in [-0.3, -0.25) is 9.59 Å². The zero-order chi connectivity index (χ0) is 14.8. The molecule has 0 aromatic heterocycles. The lowest BCUT2D eigenvalue weighted by Crippen LogP contribution is -2.44. The number of hydrogen-bond acceptors (Lipinski definition) is 3. The average molecular weight is 290 g/mol. The molecule has 1 aromatic carbocycles. The normalized spacial score (nSPS) is 23.9. The fourth-order valence-corrected chi connectivity index (χ4v) is 3.18. The molecule has 2 amide bonds. The molecule has 1 atom stereocenters. The maximum atomic E-state index is 13.0. The van der Waals surface area contributed by atoms with Crippen LogP contribution in [-0.4, -0.2) is 23.9 Å². The van der Waals surface area contributed by atoms with Crippen LogP contribution >= 0.6 is 0 Å². The van der Waals surface area contributed by atoms with Gasteiger partial charge in [-0.1, -0.05) is 19.3 Å². The SMILES string of the molecule is O=C1C[C@H](NC2CCCCC2)C(=O)N1c1ccc(F)cc1. The predicted octanol–water partition coefficient (Wildman–Crippen LogP) is 2.38. The maximum absolute atomic E-state index is 13.0. The Morgan fingerprint density at radius 2 is 1.71 bits per heavy atom. The summed E-state index contributed by atoms with van der Waals surface area (Å²) < 4.78 is 13.0. The van der Waals surface area contributed by atoms with Crippen molar-refractivity contribution in [3.8, 4) is 0 Å². The number of nitrogens with one attached hydrogen (secondary N) is 1. The van der Waals surface area contributed by atoms with E-state index in [0.29, 0.717) is 11.7 Å². The summed E-state index contributed by atoms with van der Waals surface area (Å²) in [6.45, 7) is 0. The van der Waals surface area contributed by atoms with E-state index >= 15 is 0 Å². The number of rotatable bonds is 3. The Morgan fingerprint density at radius 3 is 2.38 bits per heavy atom. The summed E-state index contributed by atoms with van der Waals surface area (Å²) in [4.78, 5) is 25.7. The van der Waals surface area contributed by atoms with Gasteiger partial charge in [0.2, 0.25) is 5.91 Å². The maximum Gasteiger partial charge on any atom is 0.251 e. The van der Waals surface area contributed by atoms with E-state index in [9.17, 15) is 14.0 Å². The molecule has 1 aromatic rings. The first-order chi connectivity index (χ1) is 10.1. The Bertz CT molecular complexity index is 538. The molecule has 1 saturated carbocycles. The highest BCUT2D eigenvalue weighted by Crippen LogP contribution is 2.25. The Morgan fingerprint density at radius 1 is 1.05 bits per heavy atom. The quantitative estimate of drug-likeness (QED) is 0.870. The van der Waals surface area contributed by atoms with E-state index in [2.05, 4.69) is 5.32 Å². The van der Waals surface area contributed by atoms with Crippen LogP contribution in [0, 0.1) is 5.82 Å². The second-order valence-corrected chi connectivity index (χ2v) is 5.80. The fourth-order valence-electron chi connectivity index (χ4n) is 3.18. The number of imide groups is 1. The summed E-state index contributed by atoms with van der Waals surface area (Å²) in [5.74, 6) is -0.827. The van der Waals surface area contributed by atoms with E-state index in [1.165, 1.54) is 48.4 Å². The zero-order valence-corrected chi connectivity index (χ0v) is 11.8. The molecule has 1 saturated heterocycles. The number of carbonyl (C=O) groups is 2. The van der Waals surface area contributed by atoms with Gasteiger partial charge in [0.25, 0.3) is 5.91 Å². The van der Waals surface area contributed by atoms with Crippen LogP contribution < -0.4 is 10.2 Å². The highest BCUT2D eigenvalue weighted by atomic mass is 19.1. The minimum absolute atomic E-state index is 0.187. The minimum atomic E-state index is -0.439. The number of benzene rings is 1. The number of nitrogens with zero attached hydrogens (tertiary/aromatic N) is 1. The predicted molar refractivity (Wildman–Crippen MR) is 77.3 cm³/mol. The van der Waals surface area contributed by atoms with E-state index in [4.69, 9.17) is 0 Å². The van der Waals surface area contributed by atoms with Crippen LogP contribution in [-0.2, 0) is 9.59 Å². The smallest absolute Gasteiger partial charge is 0.251 e. The second-order valence-electron chi connectivity index (χ2n) is 5.80. The van der Waals surface area contributed by atoms with E-state index in [1.807, 2.05) is 0 Å². The molecule has 2 fully saturated rings. The van der Waals surface area contributed by atoms with Gasteiger partial charge in [0.1, 0.15) is 5.82 Å². The number of amides is 2. The van der Waals surface area contributed by atoms with Gasteiger partial charge in [-0.05, 0) is 37.1 Å². The van der Waals surface area contributed by atoms with Crippen molar-refractivity contribution in [3.05, 3.63) is 30.1 Å².